The zero-order chi connectivity index (χ0) is 14.7. The van der Waals surface area contributed by atoms with Crippen molar-refractivity contribution < 1.29 is 8.78 Å². The Morgan fingerprint density at radius 1 is 0.952 bits per heavy atom. The number of rotatable bonds is 4. The van der Waals surface area contributed by atoms with E-state index in [9.17, 15) is 8.78 Å². The summed E-state index contributed by atoms with van der Waals surface area (Å²) in [7, 11) is 0. The molecule has 3 rings (SSSR count). The molecule has 2 N–H and O–H groups in total. The van der Waals surface area contributed by atoms with Gasteiger partial charge in [-0.1, -0.05) is 36.4 Å². The third-order valence-corrected chi connectivity index (χ3v) is 3.07. The molecule has 0 amide bonds. The number of aromatic nitrogens is 3. The molecule has 1 aromatic heterocycles. The number of halogens is 2. The van der Waals surface area contributed by atoms with Gasteiger partial charge in [-0.05, 0) is 12.1 Å². The van der Waals surface area contributed by atoms with Gasteiger partial charge in [0, 0.05) is 5.56 Å². The molecular formula is C15H12F2N4. The second-order valence-corrected chi connectivity index (χ2v) is 4.44. The highest BCUT2D eigenvalue weighted by molar-refractivity contribution is 5.61. The monoisotopic (exact) mass is 286 g/mol. The van der Waals surface area contributed by atoms with Crippen molar-refractivity contribution in [1.82, 2.24) is 15.4 Å². The summed E-state index contributed by atoms with van der Waals surface area (Å²) >= 11 is 0. The molecule has 0 fully saturated rings. The molecule has 0 spiro atoms. The Labute approximate surface area is 119 Å². The van der Waals surface area contributed by atoms with E-state index in [0.717, 1.165) is 11.6 Å². The Morgan fingerprint density at radius 2 is 1.76 bits per heavy atom. The molecule has 0 aliphatic heterocycles. The molecule has 4 nitrogen and oxygen atoms in total. The molecule has 21 heavy (non-hydrogen) atoms. The van der Waals surface area contributed by atoms with Crippen LogP contribution in [0.25, 0.3) is 11.3 Å². The van der Waals surface area contributed by atoms with Gasteiger partial charge >= 0.3 is 0 Å². The van der Waals surface area contributed by atoms with E-state index in [1.807, 2.05) is 30.3 Å². The predicted molar refractivity (Wildman–Crippen MR) is 75.5 cm³/mol. The quantitative estimate of drug-likeness (QED) is 0.773. The van der Waals surface area contributed by atoms with Gasteiger partial charge in [0.2, 0.25) is 0 Å². The molecule has 106 valence electrons. The van der Waals surface area contributed by atoms with E-state index in [-0.39, 0.29) is 12.2 Å². The van der Waals surface area contributed by atoms with Crippen LogP contribution in [0.5, 0.6) is 0 Å². The highest BCUT2D eigenvalue weighted by Crippen LogP contribution is 2.21. The molecular weight excluding hydrogens is 274 g/mol. The minimum Gasteiger partial charge on any atom is -0.377 e. The Kier molecular flexibility index (Phi) is 3.59. The van der Waals surface area contributed by atoms with Crippen LogP contribution >= 0.6 is 0 Å². The van der Waals surface area contributed by atoms with Crippen LogP contribution in [0.15, 0.2) is 48.5 Å². The molecule has 0 aliphatic carbocycles. The van der Waals surface area contributed by atoms with E-state index in [2.05, 4.69) is 20.7 Å². The predicted octanol–water partition coefficient (Wildman–Crippen LogP) is 3.36. The first-order chi connectivity index (χ1) is 10.3. The van der Waals surface area contributed by atoms with Gasteiger partial charge in [0.1, 0.15) is 11.4 Å². The van der Waals surface area contributed by atoms with Gasteiger partial charge in [-0.15, -0.1) is 0 Å². The molecule has 6 heteroatoms. The zero-order valence-corrected chi connectivity index (χ0v) is 11.0. The van der Waals surface area contributed by atoms with Crippen molar-refractivity contribution in [2.24, 2.45) is 0 Å². The van der Waals surface area contributed by atoms with Crippen LogP contribution in [0, 0.1) is 11.6 Å². The van der Waals surface area contributed by atoms with Crippen molar-refractivity contribution in [3.05, 3.63) is 65.9 Å². The second kappa shape index (κ2) is 5.70. The van der Waals surface area contributed by atoms with E-state index in [1.165, 1.54) is 12.1 Å². The normalized spacial score (nSPS) is 10.6. The van der Waals surface area contributed by atoms with Gasteiger partial charge in [-0.25, -0.2) is 8.78 Å². The SMILES string of the molecule is Fc1cccc(NCc2n[nH]nc2-c2ccccc2)c1F. The van der Waals surface area contributed by atoms with Crippen LogP contribution < -0.4 is 5.32 Å². The fraction of sp³-hybridized carbons (Fsp3) is 0.0667. The van der Waals surface area contributed by atoms with Crippen molar-refractivity contribution in [3.63, 3.8) is 0 Å². The summed E-state index contributed by atoms with van der Waals surface area (Å²) in [5, 5.41) is 13.5. The first kappa shape index (κ1) is 13.2. The van der Waals surface area contributed by atoms with E-state index < -0.39 is 11.6 Å². The summed E-state index contributed by atoms with van der Waals surface area (Å²) in [6.45, 7) is 0.237. The lowest BCUT2D eigenvalue weighted by atomic mass is 10.1. The van der Waals surface area contributed by atoms with Crippen LogP contribution in [0.2, 0.25) is 0 Å². The van der Waals surface area contributed by atoms with Crippen LogP contribution in [0.4, 0.5) is 14.5 Å². The maximum absolute atomic E-state index is 13.6. The zero-order valence-electron chi connectivity index (χ0n) is 11.0. The van der Waals surface area contributed by atoms with Crippen molar-refractivity contribution >= 4 is 5.69 Å². The highest BCUT2D eigenvalue weighted by Gasteiger charge is 2.12. The van der Waals surface area contributed by atoms with Gasteiger partial charge in [0.15, 0.2) is 11.6 Å². The number of anilines is 1. The number of H-pyrrole nitrogens is 1. The first-order valence-corrected chi connectivity index (χ1v) is 6.38. The molecule has 0 saturated carbocycles. The van der Waals surface area contributed by atoms with Crippen LogP contribution in [0.3, 0.4) is 0 Å². The summed E-state index contributed by atoms with van der Waals surface area (Å²) in [4.78, 5) is 0. The smallest absolute Gasteiger partial charge is 0.181 e. The van der Waals surface area contributed by atoms with Gasteiger partial charge in [-0.3, -0.25) is 0 Å². The largest absolute Gasteiger partial charge is 0.377 e. The van der Waals surface area contributed by atoms with Gasteiger partial charge in [0.25, 0.3) is 0 Å². The molecule has 3 aromatic rings. The molecule has 2 aromatic carbocycles. The second-order valence-electron chi connectivity index (χ2n) is 4.44. The average Bonchev–Trinajstić information content (AvgIpc) is 2.98. The number of aromatic amines is 1. The van der Waals surface area contributed by atoms with E-state index in [4.69, 9.17) is 0 Å². The topological polar surface area (TPSA) is 53.6 Å². The number of hydrogen-bond donors (Lipinski definition) is 2. The van der Waals surface area contributed by atoms with E-state index >= 15 is 0 Å². The lowest BCUT2D eigenvalue weighted by Crippen LogP contribution is -2.04. The summed E-state index contributed by atoms with van der Waals surface area (Å²) < 4.78 is 26.7. The molecule has 0 radical (unpaired) electrons. The molecule has 0 unspecified atom stereocenters. The van der Waals surface area contributed by atoms with E-state index in [0.29, 0.717) is 11.4 Å². The molecule has 0 aliphatic rings. The fourth-order valence-corrected chi connectivity index (χ4v) is 2.02. The van der Waals surface area contributed by atoms with Crippen LogP contribution in [0.1, 0.15) is 5.69 Å². The Balaban J connectivity index is 1.81. The average molecular weight is 286 g/mol. The fourth-order valence-electron chi connectivity index (χ4n) is 2.02. The van der Waals surface area contributed by atoms with Crippen LogP contribution in [-0.4, -0.2) is 15.4 Å². The molecule has 0 saturated heterocycles. The molecule has 1 heterocycles. The summed E-state index contributed by atoms with van der Waals surface area (Å²) in [6, 6.07) is 13.5. The highest BCUT2D eigenvalue weighted by atomic mass is 19.2. The van der Waals surface area contributed by atoms with Crippen molar-refractivity contribution in [1.29, 1.82) is 0 Å². The number of nitrogens with zero attached hydrogens (tertiary/aromatic N) is 2. The number of hydrogen-bond acceptors (Lipinski definition) is 3. The Hall–Kier alpha value is -2.76. The number of benzene rings is 2. The maximum Gasteiger partial charge on any atom is 0.181 e. The third-order valence-electron chi connectivity index (χ3n) is 3.07. The van der Waals surface area contributed by atoms with Gasteiger partial charge in [-0.2, -0.15) is 15.4 Å². The minimum atomic E-state index is -0.901. The summed E-state index contributed by atoms with van der Waals surface area (Å²) in [5.74, 6) is -1.79. The summed E-state index contributed by atoms with van der Waals surface area (Å²) in [5.41, 5.74) is 2.31. The van der Waals surface area contributed by atoms with Crippen molar-refractivity contribution in [3.8, 4) is 11.3 Å². The van der Waals surface area contributed by atoms with Gasteiger partial charge < -0.3 is 5.32 Å². The lowest BCUT2D eigenvalue weighted by Gasteiger charge is -2.07. The van der Waals surface area contributed by atoms with Crippen molar-refractivity contribution in [2.45, 2.75) is 6.54 Å². The van der Waals surface area contributed by atoms with Crippen LogP contribution in [-0.2, 0) is 6.54 Å². The third kappa shape index (κ3) is 2.74. The first-order valence-electron chi connectivity index (χ1n) is 6.38. The van der Waals surface area contributed by atoms with Crippen molar-refractivity contribution in [2.75, 3.05) is 5.32 Å². The molecule has 0 bridgehead atoms. The maximum atomic E-state index is 13.6. The minimum absolute atomic E-state index is 0.0945. The summed E-state index contributed by atoms with van der Waals surface area (Å²) in [6.07, 6.45) is 0. The lowest BCUT2D eigenvalue weighted by molar-refractivity contribution is 0.511. The Morgan fingerprint density at radius 3 is 2.57 bits per heavy atom. The standard InChI is InChI=1S/C15H12F2N4/c16-11-7-4-8-12(14(11)17)18-9-13-15(20-21-19-13)10-5-2-1-3-6-10/h1-8,18H,9H2,(H,19,20,21). The van der Waals surface area contributed by atoms with E-state index in [1.54, 1.807) is 0 Å². The Bertz CT molecular complexity index is 740. The number of nitrogens with one attached hydrogen (secondary N) is 2. The molecule has 0 atom stereocenters. The van der Waals surface area contributed by atoms with Gasteiger partial charge in [0.05, 0.1) is 12.2 Å².